The average molecular weight is 324 g/mol. The summed E-state index contributed by atoms with van der Waals surface area (Å²) in [5, 5.41) is -5.55. The van der Waals surface area contributed by atoms with Crippen molar-refractivity contribution in [3.8, 4) is 0 Å². The molecule has 0 saturated heterocycles. The van der Waals surface area contributed by atoms with Gasteiger partial charge in [-0.1, -0.05) is 13.8 Å². The zero-order valence-electron chi connectivity index (χ0n) is 10.9. The molecule has 10 heteroatoms. The first-order chi connectivity index (χ1) is 8.83. The van der Waals surface area contributed by atoms with E-state index >= 15 is 0 Å². The molecule has 5 nitrogen and oxygen atoms in total. The van der Waals surface area contributed by atoms with Crippen LogP contribution in [-0.2, 0) is 19.6 Å². The molecule has 0 saturated carbocycles. The first-order valence-corrected chi connectivity index (χ1v) is 7.16. The van der Waals surface area contributed by atoms with Gasteiger partial charge in [-0.3, -0.25) is 9.35 Å². The summed E-state index contributed by atoms with van der Waals surface area (Å²) in [5.74, 6) is -5.86. The van der Waals surface area contributed by atoms with Crippen molar-refractivity contribution in [2.24, 2.45) is 5.92 Å². The SMILES string of the molecule is CC(C)C(=O)OCCCCC(F)(F)C(F)(F)S(=O)(=O)O. The Hall–Kier alpha value is -0.900. The molecule has 0 amide bonds. The van der Waals surface area contributed by atoms with Crippen LogP contribution < -0.4 is 0 Å². The molecule has 0 aromatic rings. The second-order valence-electron chi connectivity index (χ2n) is 4.48. The van der Waals surface area contributed by atoms with E-state index in [9.17, 15) is 30.8 Å². The number of carbonyl (C=O) groups is 1. The van der Waals surface area contributed by atoms with Crippen molar-refractivity contribution in [2.75, 3.05) is 6.61 Å². The lowest BCUT2D eigenvalue weighted by atomic mass is 10.1. The second-order valence-corrected chi connectivity index (χ2v) is 5.94. The molecule has 0 heterocycles. The summed E-state index contributed by atoms with van der Waals surface area (Å²) in [6, 6.07) is 0. The van der Waals surface area contributed by atoms with E-state index in [0.717, 1.165) is 0 Å². The quantitative estimate of drug-likeness (QED) is 0.321. The Labute approximate surface area is 114 Å². The van der Waals surface area contributed by atoms with E-state index < -0.39 is 46.0 Å². The molecule has 1 N–H and O–H groups in total. The van der Waals surface area contributed by atoms with Crippen LogP contribution in [0.5, 0.6) is 0 Å². The molecular formula is C10H16F4O5S. The fourth-order valence-corrected chi connectivity index (χ4v) is 1.60. The lowest BCUT2D eigenvalue weighted by Crippen LogP contribution is -2.46. The Morgan fingerprint density at radius 1 is 1.20 bits per heavy atom. The maximum Gasteiger partial charge on any atom is 0.431 e. The van der Waals surface area contributed by atoms with E-state index in [2.05, 4.69) is 4.74 Å². The normalized spacial score (nSPS) is 13.6. The molecule has 0 fully saturated rings. The Morgan fingerprint density at radius 2 is 1.70 bits per heavy atom. The number of rotatable bonds is 8. The van der Waals surface area contributed by atoms with E-state index in [4.69, 9.17) is 4.55 Å². The monoisotopic (exact) mass is 324 g/mol. The van der Waals surface area contributed by atoms with E-state index in [1.807, 2.05) is 0 Å². The largest absolute Gasteiger partial charge is 0.465 e. The molecule has 0 aliphatic carbocycles. The second kappa shape index (κ2) is 6.70. The number of halogens is 4. The number of hydrogen-bond donors (Lipinski definition) is 1. The molecule has 20 heavy (non-hydrogen) atoms. The van der Waals surface area contributed by atoms with Crippen LogP contribution in [0.3, 0.4) is 0 Å². The van der Waals surface area contributed by atoms with Crippen LogP contribution in [0.2, 0.25) is 0 Å². The minimum absolute atomic E-state index is 0.129. The molecule has 0 spiro atoms. The standard InChI is InChI=1S/C10H16F4O5S/c1-7(2)8(15)19-6-4-3-5-9(11,12)10(13,14)20(16,17)18/h7H,3-6H2,1-2H3,(H,16,17,18). The number of ether oxygens (including phenoxy) is 1. The predicted molar refractivity (Wildman–Crippen MR) is 61.1 cm³/mol. The number of alkyl halides is 4. The summed E-state index contributed by atoms with van der Waals surface area (Å²) in [5.41, 5.74) is 0. The Bertz CT molecular complexity index is 433. The molecule has 0 aliphatic heterocycles. The molecule has 0 aliphatic rings. The number of hydrogen-bond acceptors (Lipinski definition) is 4. The maximum absolute atomic E-state index is 13.0. The van der Waals surface area contributed by atoms with Crippen molar-refractivity contribution in [1.82, 2.24) is 0 Å². The van der Waals surface area contributed by atoms with Crippen molar-refractivity contribution in [3.63, 3.8) is 0 Å². The van der Waals surface area contributed by atoms with Gasteiger partial charge in [0, 0.05) is 6.42 Å². The Kier molecular flexibility index (Phi) is 6.40. The number of unbranched alkanes of at least 4 members (excludes halogenated alkanes) is 1. The fraction of sp³-hybridized carbons (Fsp3) is 0.900. The van der Waals surface area contributed by atoms with Crippen molar-refractivity contribution < 1.29 is 40.1 Å². The highest BCUT2D eigenvalue weighted by atomic mass is 32.2. The Morgan fingerprint density at radius 3 is 2.10 bits per heavy atom. The average Bonchev–Trinajstić information content (AvgIpc) is 2.26. The summed E-state index contributed by atoms with van der Waals surface area (Å²) in [7, 11) is -6.20. The molecule has 120 valence electrons. The predicted octanol–water partition coefficient (Wildman–Crippen LogP) is 2.47. The van der Waals surface area contributed by atoms with Crippen LogP contribution in [0, 0.1) is 5.92 Å². The molecule has 0 bridgehead atoms. The summed E-state index contributed by atoms with van der Waals surface area (Å²) in [6.07, 6.45) is -2.09. The van der Waals surface area contributed by atoms with Crippen LogP contribution >= 0.6 is 0 Å². The molecular weight excluding hydrogens is 308 g/mol. The summed E-state index contributed by atoms with van der Waals surface area (Å²) < 4.78 is 84.7. The van der Waals surface area contributed by atoms with Crippen LogP contribution in [0.1, 0.15) is 33.1 Å². The third-order valence-corrected chi connectivity index (χ3v) is 3.30. The zero-order chi connectivity index (χ0) is 16.2. The minimum Gasteiger partial charge on any atom is -0.465 e. The van der Waals surface area contributed by atoms with Gasteiger partial charge in [0.25, 0.3) is 0 Å². The topological polar surface area (TPSA) is 80.7 Å². The molecule has 0 rings (SSSR count). The highest BCUT2D eigenvalue weighted by Gasteiger charge is 2.64. The molecule has 0 unspecified atom stereocenters. The van der Waals surface area contributed by atoms with E-state index in [0.29, 0.717) is 0 Å². The van der Waals surface area contributed by atoms with Crippen LogP contribution in [0.25, 0.3) is 0 Å². The van der Waals surface area contributed by atoms with Crippen molar-refractivity contribution in [2.45, 2.75) is 44.3 Å². The molecule has 0 radical (unpaired) electrons. The minimum atomic E-state index is -6.20. The van der Waals surface area contributed by atoms with Crippen LogP contribution in [0.15, 0.2) is 0 Å². The van der Waals surface area contributed by atoms with E-state index in [-0.39, 0.29) is 13.0 Å². The van der Waals surface area contributed by atoms with Gasteiger partial charge in [-0.15, -0.1) is 0 Å². The first kappa shape index (κ1) is 19.1. The Balaban J connectivity index is 4.29. The third kappa shape index (κ3) is 4.89. The van der Waals surface area contributed by atoms with Gasteiger partial charge in [0.1, 0.15) is 0 Å². The maximum atomic E-state index is 13.0. The van der Waals surface area contributed by atoms with Gasteiger partial charge in [0.05, 0.1) is 12.5 Å². The lowest BCUT2D eigenvalue weighted by molar-refractivity contribution is -0.165. The van der Waals surface area contributed by atoms with Gasteiger partial charge in [-0.25, -0.2) is 0 Å². The summed E-state index contributed by atoms with van der Waals surface area (Å²) >= 11 is 0. The van der Waals surface area contributed by atoms with Gasteiger partial charge in [-0.05, 0) is 12.8 Å². The third-order valence-electron chi connectivity index (χ3n) is 2.35. The first-order valence-electron chi connectivity index (χ1n) is 5.72. The van der Waals surface area contributed by atoms with Crippen molar-refractivity contribution in [3.05, 3.63) is 0 Å². The van der Waals surface area contributed by atoms with Crippen molar-refractivity contribution in [1.29, 1.82) is 0 Å². The number of carbonyl (C=O) groups excluding carboxylic acids is 1. The zero-order valence-corrected chi connectivity index (χ0v) is 11.7. The van der Waals surface area contributed by atoms with Gasteiger partial charge in [-0.2, -0.15) is 26.0 Å². The van der Waals surface area contributed by atoms with Gasteiger partial charge < -0.3 is 4.74 Å². The highest BCUT2D eigenvalue weighted by molar-refractivity contribution is 7.87. The van der Waals surface area contributed by atoms with Gasteiger partial charge in [0.15, 0.2) is 0 Å². The summed E-state index contributed by atoms with van der Waals surface area (Å²) in [6.45, 7) is 2.89. The molecule has 0 aromatic carbocycles. The highest BCUT2D eigenvalue weighted by Crippen LogP contribution is 2.41. The van der Waals surface area contributed by atoms with Crippen LogP contribution in [0.4, 0.5) is 17.6 Å². The van der Waals surface area contributed by atoms with Gasteiger partial charge >= 0.3 is 27.3 Å². The fourth-order valence-electron chi connectivity index (χ4n) is 1.12. The van der Waals surface area contributed by atoms with E-state index in [1.165, 1.54) is 0 Å². The molecule has 0 aromatic heterocycles. The number of esters is 1. The summed E-state index contributed by atoms with van der Waals surface area (Å²) in [4.78, 5) is 11.0. The van der Waals surface area contributed by atoms with Crippen LogP contribution in [-0.4, -0.2) is 36.7 Å². The van der Waals surface area contributed by atoms with E-state index in [1.54, 1.807) is 13.8 Å². The van der Waals surface area contributed by atoms with Gasteiger partial charge in [0.2, 0.25) is 0 Å². The lowest BCUT2D eigenvalue weighted by Gasteiger charge is -2.23. The smallest absolute Gasteiger partial charge is 0.431 e. The van der Waals surface area contributed by atoms with Crippen molar-refractivity contribution >= 4 is 16.1 Å². The molecule has 0 atom stereocenters.